The molecule has 5 aliphatic rings. The normalized spacial score (nSPS) is 30.2. The maximum atomic E-state index is 13.8. The summed E-state index contributed by atoms with van der Waals surface area (Å²) in [5.74, 6) is -1.45. The second kappa shape index (κ2) is 15.0. The number of aromatic nitrogens is 1. The molecule has 12 nitrogen and oxygen atoms in total. The highest BCUT2D eigenvalue weighted by molar-refractivity contribution is 6.01. The van der Waals surface area contributed by atoms with E-state index in [1.54, 1.807) is 36.7 Å². The zero-order valence-corrected chi connectivity index (χ0v) is 32.6. The molecule has 2 aromatic carbocycles. The zero-order chi connectivity index (χ0) is 40.1. The van der Waals surface area contributed by atoms with Crippen molar-refractivity contribution in [2.45, 2.75) is 76.2 Å². The highest BCUT2D eigenvalue weighted by atomic mass is 16.6. The summed E-state index contributed by atoms with van der Waals surface area (Å²) in [6.07, 6.45) is 11.0. The number of rotatable bonds is 12. The molecule has 0 radical (unpaired) electrons. The number of hydrogen-bond donors (Lipinski definition) is 2. The van der Waals surface area contributed by atoms with Gasteiger partial charge in [-0.2, -0.15) is 0 Å². The van der Waals surface area contributed by atoms with Gasteiger partial charge in [0.05, 0.1) is 25.6 Å². The summed E-state index contributed by atoms with van der Waals surface area (Å²) in [6, 6.07) is 14.2. The number of benzene rings is 2. The van der Waals surface area contributed by atoms with Gasteiger partial charge in [0.25, 0.3) is 0 Å². The number of nitrogens with one attached hydrogen (secondary N) is 1. The maximum Gasteiger partial charge on any atom is 0.306 e. The van der Waals surface area contributed by atoms with Gasteiger partial charge in [-0.3, -0.25) is 33.9 Å². The van der Waals surface area contributed by atoms with Crippen LogP contribution >= 0.6 is 0 Å². The molecule has 0 bridgehead atoms. The van der Waals surface area contributed by atoms with Gasteiger partial charge in [-0.25, -0.2) is 0 Å². The molecular formula is C45H49N3O9. The van der Waals surface area contributed by atoms with Crippen LogP contribution in [0.4, 0.5) is 5.69 Å². The van der Waals surface area contributed by atoms with E-state index < -0.39 is 47.1 Å². The van der Waals surface area contributed by atoms with Crippen molar-refractivity contribution >= 4 is 45.9 Å². The summed E-state index contributed by atoms with van der Waals surface area (Å²) in [5, 5.41) is 16.6. The predicted molar refractivity (Wildman–Crippen MR) is 209 cm³/mol. The third kappa shape index (κ3) is 6.81. The lowest BCUT2D eigenvalue weighted by atomic mass is 9.45. The molecule has 2 N–H and O–H groups in total. The number of esters is 2. The van der Waals surface area contributed by atoms with E-state index in [4.69, 9.17) is 14.2 Å². The lowest BCUT2D eigenvalue weighted by Crippen LogP contribution is -2.71. The number of carbonyl (C=O) groups is 5. The third-order valence-electron chi connectivity index (χ3n) is 13.6. The van der Waals surface area contributed by atoms with E-state index in [0.717, 1.165) is 41.2 Å². The lowest BCUT2D eigenvalue weighted by molar-refractivity contribution is -0.287. The van der Waals surface area contributed by atoms with Crippen molar-refractivity contribution in [2.75, 3.05) is 32.6 Å². The quantitative estimate of drug-likeness (QED) is 0.226. The monoisotopic (exact) mass is 775 g/mol. The van der Waals surface area contributed by atoms with Gasteiger partial charge in [-0.15, -0.1) is 0 Å². The number of ether oxygens (including phenoxy) is 3. The molecule has 2 heterocycles. The van der Waals surface area contributed by atoms with Crippen LogP contribution in [-0.4, -0.2) is 83.4 Å². The fourth-order valence-electron chi connectivity index (χ4n) is 10.9. The largest absolute Gasteiger partial charge is 0.461 e. The molecule has 1 amide bonds. The van der Waals surface area contributed by atoms with E-state index in [9.17, 15) is 29.1 Å². The SMILES string of the molecule is CN(C)C(C(=O)Nc1ccc2cnccc2c1)c1ccc(COC(=O)CCC(=O)OCC(=O)[C@@]23CC[C@H]4[C@@H]5CCC6=CC(=O)C=C[C@]6(C)[C@H]5[C@@H](O)C[C@@]42CO3)cc1. The number of aliphatic hydroxyl groups excluding tert-OH is 1. The minimum absolute atomic E-state index is 0.0102. The van der Waals surface area contributed by atoms with Gasteiger partial charge in [-0.1, -0.05) is 48.9 Å². The van der Waals surface area contributed by atoms with Gasteiger partial charge in [0, 0.05) is 40.2 Å². The van der Waals surface area contributed by atoms with Crippen LogP contribution in [0.5, 0.6) is 0 Å². The molecule has 8 rings (SSSR count). The zero-order valence-electron chi connectivity index (χ0n) is 32.6. The summed E-state index contributed by atoms with van der Waals surface area (Å²) in [7, 11) is 3.66. The van der Waals surface area contributed by atoms with E-state index in [1.165, 1.54) is 0 Å². The second-order valence-corrected chi connectivity index (χ2v) is 16.9. The minimum Gasteiger partial charge on any atom is -0.461 e. The van der Waals surface area contributed by atoms with Gasteiger partial charge in [0.2, 0.25) is 11.7 Å². The van der Waals surface area contributed by atoms with Crippen LogP contribution in [0.25, 0.3) is 10.8 Å². The Hall–Kier alpha value is -5.04. The maximum absolute atomic E-state index is 13.8. The van der Waals surface area contributed by atoms with E-state index >= 15 is 0 Å². The molecule has 3 saturated carbocycles. The predicted octanol–water partition coefficient (Wildman–Crippen LogP) is 5.44. The van der Waals surface area contributed by atoms with E-state index in [-0.39, 0.29) is 54.7 Å². The summed E-state index contributed by atoms with van der Waals surface area (Å²) in [4.78, 5) is 70.5. The molecule has 3 aromatic rings. The van der Waals surface area contributed by atoms with Crippen molar-refractivity contribution < 1.29 is 43.3 Å². The van der Waals surface area contributed by atoms with Crippen molar-refractivity contribution in [1.82, 2.24) is 9.88 Å². The van der Waals surface area contributed by atoms with Crippen LogP contribution in [0.3, 0.4) is 0 Å². The number of likely N-dealkylation sites (N-methyl/N-ethyl adjacent to an activating group) is 1. The van der Waals surface area contributed by atoms with Crippen LogP contribution in [-0.2, 0) is 44.8 Å². The Kier molecular flexibility index (Phi) is 10.2. The molecule has 4 fully saturated rings. The number of allylic oxidation sites excluding steroid dienone is 4. The third-order valence-corrected chi connectivity index (χ3v) is 13.6. The molecular weight excluding hydrogens is 727 g/mol. The van der Waals surface area contributed by atoms with Crippen LogP contribution in [0.1, 0.15) is 69.0 Å². The highest BCUT2D eigenvalue weighted by Gasteiger charge is 2.76. The average molecular weight is 776 g/mol. The topological polar surface area (TPSA) is 161 Å². The van der Waals surface area contributed by atoms with E-state index in [2.05, 4.69) is 17.2 Å². The van der Waals surface area contributed by atoms with E-state index in [0.29, 0.717) is 30.7 Å². The van der Waals surface area contributed by atoms with Crippen molar-refractivity contribution in [1.29, 1.82) is 0 Å². The van der Waals surface area contributed by atoms with Crippen LogP contribution < -0.4 is 5.32 Å². The van der Waals surface area contributed by atoms with Gasteiger partial charge in [0.15, 0.2) is 12.4 Å². The van der Waals surface area contributed by atoms with Crippen LogP contribution in [0, 0.1) is 28.6 Å². The first-order chi connectivity index (χ1) is 27.3. The molecule has 57 heavy (non-hydrogen) atoms. The fourth-order valence-corrected chi connectivity index (χ4v) is 10.9. The Morgan fingerprint density at radius 2 is 1.79 bits per heavy atom. The summed E-state index contributed by atoms with van der Waals surface area (Å²) in [5.41, 5.74) is 1.23. The van der Waals surface area contributed by atoms with Crippen LogP contribution in [0.15, 0.2) is 84.7 Å². The summed E-state index contributed by atoms with van der Waals surface area (Å²) in [6.45, 7) is 2.03. The Bertz CT molecular complexity index is 2180. The average Bonchev–Trinajstić information content (AvgIpc) is 3.41. The number of hydrogen-bond acceptors (Lipinski definition) is 11. The van der Waals surface area contributed by atoms with Gasteiger partial charge >= 0.3 is 11.9 Å². The number of Topliss-reactive ketones (excluding diaryl/α,β-unsaturated/α-hetero) is 1. The molecule has 8 atom stereocenters. The molecule has 1 spiro atoms. The number of carbonyl (C=O) groups excluding carboxylic acids is 5. The molecule has 4 aliphatic carbocycles. The Balaban J connectivity index is 0.802. The molecule has 1 aliphatic heterocycles. The molecule has 12 heteroatoms. The first-order valence-corrected chi connectivity index (χ1v) is 19.8. The number of fused-ring (bicyclic) bond motifs is 5. The highest BCUT2D eigenvalue weighted by Crippen LogP contribution is 2.71. The van der Waals surface area contributed by atoms with Crippen LogP contribution in [0.2, 0.25) is 0 Å². The van der Waals surface area contributed by atoms with Gasteiger partial charge in [-0.05, 0) is 105 Å². The fraction of sp³-hybridized carbons (Fsp3) is 0.467. The standard InChI is InChI=1S/C45H49N3O9/c1-43-17-14-33(49)21-31(43)9-11-34-35-15-18-45(44(35,26-57-45)22-36(50)40(34)43)37(51)25-56-39(53)13-12-38(52)55-24-27-4-6-28(7-5-27)41(48(2)3)42(54)47-32-10-8-30-23-46-19-16-29(30)20-32/h4-8,10,14,16-17,19-21,23,34-36,40-41,50H,9,11-13,15,18,22,24-26H2,1-3H3,(H,47,54)/t34-,35-,36-,40+,41?,43-,44+,45-/m0/s1. The Morgan fingerprint density at radius 3 is 2.53 bits per heavy atom. The summed E-state index contributed by atoms with van der Waals surface area (Å²) < 4.78 is 16.9. The molecule has 1 aromatic heterocycles. The smallest absolute Gasteiger partial charge is 0.306 e. The number of anilines is 1. The molecule has 1 unspecified atom stereocenters. The van der Waals surface area contributed by atoms with Gasteiger partial charge < -0.3 is 24.6 Å². The summed E-state index contributed by atoms with van der Waals surface area (Å²) >= 11 is 0. The first-order valence-electron chi connectivity index (χ1n) is 19.8. The van der Waals surface area contributed by atoms with Crippen molar-refractivity contribution in [3.05, 3.63) is 95.9 Å². The van der Waals surface area contributed by atoms with Crippen molar-refractivity contribution in [3.8, 4) is 0 Å². The van der Waals surface area contributed by atoms with Crippen molar-refractivity contribution in [2.24, 2.45) is 28.6 Å². The van der Waals surface area contributed by atoms with Crippen molar-refractivity contribution in [3.63, 3.8) is 0 Å². The van der Waals surface area contributed by atoms with E-state index in [1.807, 2.05) is 61.5 Å². The number of nitrogens with zero attached hydrogens (tertiary/aromatic N) is 2. The lowest BCUT2D eigenvalue weighted by Gasteiger charge is -2.65. The number of ketones is 2. The molecule has 1 saturated heterocycles. The number of amides is 1. The minimum atomic E-state index is -1.10. The molecule has 298 valence electrons. The Morgan fingerprint density at radius 1 is 1.02 bits per heavy atom. The first kappa shape index (κ1) is 38.8. The number of aliphatic hydroxyl groups is 1. The van der Waals surface area contributed by atoms with Gasteiger partial charge in [0.1, 0.15) is 18.2 Å². The second-order valence-electron chi connectivity index (χ2n) is 16.9. The number of pyridine rings is 1. The Labute approximate surface area is 331 Å².